The van der Waals surface area contributed by atoms with Crippen LogP contribution < -0.4 is 0 Å². The molecule has 1 saturated heterocycles. The monoisotopic (exact) mass is 278 g/mol. The zero-order valence-electron chi connectivity index (χ0n) is 11.6. The lowest BCUT2D eigenvalue weighted by Gasteiger charge is -2.34. The van der Waals surface area contributed by atoms with Gasteiger partial charge in [-0.05, 0) is 30.9 Å². The number of aryl methyl sites for hydroxylation is 1. The van der Waals surface area contributed by atoms with Crippen molar-refractivity contribution in [2.45, 2.75) is 26.4 Å². The van der Waals surface area contributed by atoms with E-state index in [2.05, 4.69) is 0 Å². The first-order valence-corrected chi connectivity index (χ1v) is 6.62. The van der Waals surface area contributed by atoms with E-state index < -0.39 is 11.0 Å². The van der Waals surface area contributed by atoms with Crippen molar-refractivity contribution in [2.75, 3.05) is 13.1 Å². The maximum absolute atomic E-state index is 12.4. The third-order valence-electron chi connectivity index (χ3n) is 3.73. The lowest BCUT2D eigenvalue weighted by molar-refractivity contribution is -0.384. The number of aliphatic hydroxyl groups excluding tert-OH is 1. The summed E-state index contributed by atoms with van der Waals surface area (Å²) in [5.41, 5.74) is 0.895. The van der Waals surface area contributed by atoms with Crippen LogP contribution in [0.15, 0.2) is 18.2 Å². The third kappa shape index (κ3) is 2.96. The number of aliphatic hydroxyl groups is 1. The summed E-state index contributed by atoms with van der Waals surface area (Å²) in [6, 6.07) is 4.36. The highest BCUT2D eigenvalue weighted by molar-refractivity contribution is 5.95. The summed E-state index contributed by atoms with van der Waals surface area (Å²) in [6.07, 6.45) is 0.202. The molecule has 2 unspecified atom stereocenters. The number of hydrogen-bond acceptors (Lipinski definition) is 4. The lowest BCUT2D eigenvalue weighted by atomic mass is 9.95. The van der Waals surface area contributed by atoms with Crippen LogP contribution in [0.5, 0.6) is 0 Å². The Hall–Kier alpha value is -1.95. The molecular weight excluding hydrogens is 260 g/mol. The Labute approximate surface area is 117 Å². The molecule has 0 saturated carbocycles. The number of benzene rings is 1. The molecule has 108 valence electrons. The van der Waals surface area contributed by atoms with Crippen molar-refractivity contribution in [3.05, 3.63) is 39.4 Å². The smallest absolute Gasteiger partial charge is 0.270 e. The molecule has 20 heavy (non-hydrogen) atoms. The molecule has 1 heterocycles. The molecule has 6 heteroatoms. The third-order valence-corrected chi connectivity index (χ3v) is 3.73. The first-order chi connectivity index (χ1) is 9.38. The second-order valence-electron chi connectivity index (χ2n) is 5.40. The number of non-ortho nitro benzene ring substituents is 1. The number of hydrogen-bond donors (Lipinski definition) is 1. The summed E-state index contributed by atoms with van der Waals surface area (Å²) in [4.78, 5) is 24.3. The summed E-state index contributed by atoms with van der Waals surface area (Å²) in [5.74, 6) is -0.0892. The zero-order valence-corrected chi connectivity index (χ0v) is 11.6. The average Bonchev–Trinajstić information content (AvgIpc) is 2.40. The normalized spacial score (nSPS) is 22.6. The van der Waals surface area contributed by atoms with Crippen LogP contribution in [0.4, 0.5) is 5.69 Å². The molecule has 1 aromatic carbocycles. The van der Waals surface area contributed by atoms with E-state index in [0.29, 0.717) is 17.7 Å². The molecule has 1 amide bonds. The minimum Gasteiger partial charge on any atom is -0.391 e. The van der Waals surface area contributed by atoms with Gasteiger partial charge in [0.05, 0.1) is 11.0 Å². The quantitative estimate of drug-likeness (QED) is 0.659. The van der Waals surface area contributed by atoms with Gasteiger partial charge in [-0.3, -0.25) is 14.9 Å². The standard InChI is InChI=1S/C14H18N2O4/c1-9-5-11(7-12(6-9)16(19)20)14(18)15-4-3-10(2)13(17)8-15/h5-7,10,13,17H,3-4,8H2,1-2H3. The number of carbonyl (C=O) groups excluding carboxylic acids is 1. The summed E-state index contributed by atoms with van der Waals surface area (Å²) >= 11 is 0. The number of nitro benzene ring substituents is 1. The van der Waals surface area contributed by atoms with E-state index in [4.69, 9.17) is 0 Å². The van der Waals surface area contributed by atoms with E-state index in [9.17, 15) is 20.0 Å². The molecule has 1 aromatic rings. The van der Waals surface area contributed by atoms with Crippen molar-refractivity contribution in [3.8, 4) is 0 Å². The minimum atomic E-state index is -0.535. The summed E-state index contributed by atoms with van der Waals surface area (Å²) in [5, 5.41) is 20.7. The molecule has 1 fully saturated rings. The van der Waals surface area contributed by atoms with E-state index in [-0.39, 0.29) is 24.1 Å². The van der Waals surface area contributed by atoms with E-state index in [0.717, 1.165) is 6.42 Å². The van der Waals surface area contributed by atoms with Crippen LogP contribution in [-0.4, -0.2) is 40.0 Å². The number of carbonyl (C=O) groups is 1. The van der Waals surface area contributed by atoms with E-state index in [1.165, 1.54) is 12.1 Å². The predicted octanol–water partition coefficient (Wildman–Crippen LogP) is 1.75. The number of nitro groups is 1. The Morgan fingerprint density at radius 2 is 2.15 bits per heavy atom. The van der Waals surface area contributed by atoms with E-state index >= 15 is 0 Å². The van der Waals surface area contributed by atoms with Gasteiger partial charge in [0.25, 0.3) is 11.6 Å². The average molecular weight is 278 g/mol. The SMILES string of the molecule is Cc1cc(C(=O)N2CCC(C)C(O)C2)cc([N+](=O)[O-])c1. The maximum atomic E-state index is 12.4. The van der Waals surface area contributed by atoms with Gasteiger partial charge in [-0.15, -0.1) is 0 Å². The van der Waals surface area contributed by atoms with Crippen LogP contribution in [0.3, 0.4) is 0 Å². The van der Waals surface area contributed by atoms with Gasteiger partial charge in [-0.25, -0.2) is 0 Å². The van der Waals surface area contributed by atoms with Crippen LogP contribution in [0.25, 0.3) is 0 Å². The number of piperidine rings is 1. The molecule has 0 spiro atoms. The highest BCUT2D eigenvalue weighted by atomic mass is 16.6. The molecule has 1 aliphatic rings. The number of β-amino-alcohol motifs (C(OH)–C–C–N with tert-alkyl or cyclic N) is 1. The molecule has 1 N–H and O–H groups in total. The van der Waals surface area contributed by atoms with Crippen molar-refractivity contribution in [3.63, 3.8) is 0 Å². The molecule has 0 aliphatic carbocycles. The van der Waals surface area contributed by atoms with Crippen molar-refractivity contribution in [1.29, 1.82) is 0 Å². The van der Waals surface area contributed by atoms with Gasteiger partial charge in [0.1, 0.15) is 0 Å². The summed E-state index contributed by atoms with van der Waals surface area (Å²) in [6.45, 7) is 4.52. The zero-order chi connectivity index (χ0) is 14.9. The number of rotatable bonds is 2. The van der Waals surface area contributed by atoms with Crippen LogP contribution in [-0.2, 0) is 0 Å². The van der Waals surface area contributed by atoms with Crippen molar-refractivity contribution >= 4 is 11.6 Å². The highest BCUT2D eigenvalue weighted by Crippen LogP contribution is 2.22. The maximum Gasteiger partial charge on any atom is 0.270 e. The largest absolute Gasteiger partial charge is 0.391 e. The molecule has 2 rings (SSSR count). The Balaban J connectivity index is 2.23. The topological polar surface area (TPSA) is 83.7 Å². The number of amides is 1. The van der Waals surface area contributed by atoms with Crippen molar-refractivity contribution in [2.24, 2.45) is 5.92 Å². The highest BCUT2D eigenvalue weighted by Gasteiger charge is 2.28. The minimum absolute atomic E-state index is 0.0840. The Kier molecular flexibility index (Phi) is 4.04. The van der Waals surface area contributed by atoms with Crippen LogP contribution in [0, 0.1) is 23.0 Å². The molecule has 2 atom stereocenters. The Morgan fingerprint density at radius 1 is 1.45 bits per heavy atom. The van der Waals surface area contributed by atoms with E-state index in [1.807, 2.05) is 6.92 Å². The molecule has 0 radical (unpaired) electrons. The van der Waals surface area contributed by atoms with E-state index in [1.54, 1.807) is 17.9 Å². The van der Waals surface area contributed by atoms with Crippen LogP contribution in [0.2, 0.25) is 0 Å². The van der Waals surface area contributed by atoms with Gasteiger partial charge >= 0.3 is 0 Å². The fraction of sp³-hybridized carbons (Fsp3) is 0.500. The predicted molar refractivity (Wildman–Crippen MR) is 73.5 cm³/mol. The van der Waals surface area contributed by atoms with Crippen LogP contribution in [0.1, 0.15) is 29.3 Å². The van der Waals surface area contributed by atoms with Crippen molar-refractivity contribution < 1.29 is 14.8 Å². The fourth-order valence-corrected chi connectivity index (χ4v) is 2.41. The fourth-order valence-electron chi connectivity index (χ4n) is 2.41. The summed E-state index contributed by atoms with van der Waals surface area (Å²) in [7, 11) is 0. The first-order valence-electron chi connectivity index (χ1n) is 6.62. The van der Waals surface area contributed by atoms with Crippen LogP contribution >= 0.6 is 0 Å². The van der Waals surface area contributed by atoms with Gasteiger partial charge in [0.15, 0.2) is 0 Å². The van der Waals surface area contributed by atoms with Gasteiger partial charge < -0.3 is 10.0 Å². The first kappa shape index (κ1) is 14.5. The second kappa shape index (κ2) is 5.58. The van der Waals surface area contributed by atoms with Gasteiger partial charge in [0.2, 0.25) is 0 Å². The lowest BCUT2D eigenvalue weighted by Crippen LogP contribution is -2.45. The molecule has 1 aliphatic heterocycles. The Bertz CT molecular complexity index is 544. The van der Waals surface area contributed by atoms with Gasteiger partial charge in [0, 0.05) is 30.8 Å². The number of likely N-dealkylation sites (tertiary alicyclic amines) is 1. The summed E-state index contributed by atoms with van der Waals surface area (Å²) < 4.78 is 0. The van der Waals surface area contributed by atoms with Gasteiger partial charge in [-0.2, -0.15) is 0 Å². The number of nitrogens with zero attached hydrogens (tertiary/aromatic N) is 2. The molecule has 0 aromatic heterocycles. The van der Waals surface area contributed by atoms with Crippen molar-refractivity contribution in [1.82, 2.24) is 4.90 Å². The molecular formula is C14H18N2O4. The molecule has 0 bridgehead atoms. The van der Waals surface area contributed by atoms with Gasteiger partial charge in [-0.1, -0.05) is 6.92 Å². The molecule has 6 nitrogen and oxygen atoms in total. The Morgan fingerprint density at radius 3 is 2.75 bits per heavy atom. The second-order valence-corrected chi connectivity index (χ2v) is 5.40.